The molecule has 2 aliphatic heterocycles. The summed E-state index contributed by atoms with van der Waals surface area (Å²) in [5, 5.41) is 9.10. The molecule has 3 rings (SSSR count). The fraction of sp³-hybridized carbons (Fsp3) is 0.389. The van der Waals surface area contributed by atoms with Crippen LogP contribution >= 0.6 is 0 Å². The van der Waals surface area contributed by atoms with Gasteiger partial charge in [-0.05, 0) is 19.4 Å². The zero-order valence-corrected chi connectivity index (χ0v) is 14.4. The molecule has 126 valence electrons. The summed E-state index contributed by atoms with van der Waals surface area (Å²) in [6, 6.07) is 9.86. The van der Waals surface area contributed by atoms with Crippen LogP contribution in [0.5, 0.6) is 0 Å². The van der Waals surface area contributed by atoms with E-state index in [4.69, 9.17) is 0 Å². The Balaban J connectivity index is 1.90. The highest BCUT2D eigenvalue weighted by Gasteiger charge is 2.46. The Hall–Kier alpha value is -2.63. The van der Waals surface area contributed by atoms with E-state index in [1.165, 1.54) is 9.91 Å². The van der Waals surface area contributed by atoms with Crippen molar-refractivity contribution in [2.24, 2.45) is 11.0 Å². The van der Waals surface area contributed by atoms with Crippen molar-refractivity contribution < 1.29 is 9.59 Å². The molecule has 2 unspecified atom stereocenters. The summed E-state index contributed by atoms with van der Waals surface area (Å²) in [7, 11) is 3.43. The van der Waals surface area contributed by atoms with Crippen LogP contribution < -0.4 is 5.32 Å². The molecule has 0 fully saturated rings. The minimum Gasteiger partial charge on any atom is -0.366 e. The topological polar surface area (TPSA) is 65.0 Å². The summed E-state index contributed by atoms with van der Waals surface area (Å²) >= 11 is 0. The first-order valence-electron chi connectivity index (χ1n) is 8.00. The number of fused-ring (bicyclic) bond motifs is 1. The maximum Gasteiger partial charge on any atom is 0.273 e. The van der Waals surface area contributed by atoms with E-state index in [9.17, 15) is 9.59 Å². The average molecular weight is 326 g/mol. The molecular weight excluding hydrogens is 304 g/mol. The molecule has 2 atom stereocenters. The van der Waals surface area contributed by atoms with Gasteiger partial charge in [-0.1, -0.05) is 30.3 Å². The Morgan fingerprint density at radius 2 is 1.92 bits per heavy atom. The van der Waals surface area contributed by atoms with Crippen molar-refractivity contribution in [2.45, 2.75) is 26.4 Å². The maximum atomic E-state index is 12.9. The number of rotatable bonds is 3. The molecule has 24 heavy (non-hydrogen) atoms. The van der Waals surface area contributed by atoms with Gasteiger partial charge in [0.1, 0.15) is 12.1 Å². The van der Waals surface area contributed by atoms with Crippen LogP contribution in [0, 0.1) is 5.92 Å². The molecule has 1 aromatic carbocycles. The lowest BCUT2D eigenvalue weighted by Gasteiger charge is -2.34. The van der Waals surface area contributed by atoms with Crippen molar-refractivity contribution in [3.05, 3.63) is 47.2 Å². The summed E-state index contributed by atoms with van der Waals surface area (Å²) in [6.45, 7) is 3.68. The monoisotopic (exact) mass is 326 g/mol. The number of carbonyl (C=O) groups is 2. The predicted octanol–water partition coefficient (Wildman–Crippen LogP) is 1.35. The molecule has 0 saturated heterocycles. The van der Waals surface area contributed by atoms with E-state index in [1.54, 1.807) is 21.0 Å². The van der Waals surface area contributed by atoms with Gasteiger partial charge in [0.05, 0.1) is 5.71 Å². The summed E-state index contributed by atoms with van der Waals surface area (Å²) in [5.41, 5.74) is 3.23. The lowest BCUT2D eigenvalue weighted by Crippen LogP contribution is -2.55. The number of benzene rings is 1. The Morgan fingerprint density at radius 3 is 2.54 bits per heavy atom. The van der Waals surface area contributed by atoms with Gasteiger partial charge in [-0.25, -0.2) is 5.01 Å². The van der Waals surface area contributed by atoms with Crippen LogP contribution in [0.25, 0.3) is 0 Å². The molecule has 0 aliphatic carbocycles. The number of hydrogen-bond donors (Lipinski definition) is 1. The van der Waals surface area contributed by atoms with Gasteiger partial charge in [-0.3, -0.25) is 9.59 Å². The van der Waals surface area contributed by atoms with Crippen LogP contribution in [0.3, 0.4) is 0 Å². The number of allylic oxidation sites excluding steroid dienone is 1. The van der Waals surface area contributed by atoms with Crippen LogP contribution in [0.4, 0.5) is 0 Å². The summed E-state index contributed by atoms with van der Waals surface area (Å²) in [4.78, 5) is 26.9. The summed E-state index contributed by atoms with van der Waals surface area (Å²) in [6.07, 6.45) is 0.106. The Bertz CT molecular complexity index is 737. The van der Waals surface area contributed by atoms with E-state index in [0.29, 0.717) is 17.7 Å². The third-order valence-corrected chi connectivity index (χ3v) is 4.51. The Labute approximate surface area is 141 Å². The Morgan fingerprint density at radius 1 is 1.25 bits per heavy atom. The average Bonchev–Trinajstić information content (AvgIpc) is 2.88. The van der Waals surface area contributed by atoms with Crippen LogP contribution in [0.1, 0.15) is 19.4 Å². The predicted molar refractivity (Wildman–Crippen MR) is 91.9 cm³/mol. The lowest BCUT2D eigenvalue weighted by molar-refractivity contribution is -0.136. The van der Waals surface area contributed by atoms with Gasteiger partial charge in [-0.15, -0.1) is 0 Å². The normalized spacial score (nSPS) is 22.9. The number of nitrogens with one attached hydrogen (secondary N) is 1. The van der Waals surface area contributed by atoms with Crippen molar-refractivity contribution in [1.29, 1.82) is 0 Å². The summed E-state index contributed by atoms with van der Waals surface area (Å²) in [5.74, 6) is -0.631. The van der Waals surface area contributed by atoms with Crippen molar-refractivity contribution in [1.82, 2.24) is 15.2 Å². The number of hydrazone groups is 1. The molecule has 0 bridgehead atoms. The molecule has 1 N–H and O–H groups in total. The van der Waals surface area contributed by atoms with E-state index in [0.717, 1.165) is 11.3 Å². The molecule has 0 saturated carbocycles. The minimum absolute atomic E-state index is 0.0524. The highest BCUT2D eigenvalue weighted by Crippen LogP contribution is 2.29. The molecule has 2 amide bonds. The molecule has 6 heteroatoms. The fourth-order valence-corrected chi connectivity index (χ4v) is 3.19. The molecule has 2 heterocycles. The van der Waals surface area contributed by atoms with E-state index in [2.05, 4.69) is 10.4 Å². The van der Waals surface area contributed by atoms with E-state index < -0.39 is 12.1 Å². The Kier molecular flexibility index (Phi) is 4.13. The maximum absolute atomic E-state index is 12.9. The molecule has 0 radical (unpaired) electrons. The van der Waals surface area contributed by atoms with Gasteiger partial charge in [0, 0.05) is 31.8 Å². The van der Waals surface area contributed by atoms with Crippen LogP contribution in [0.15, 0.2) is 46.7 Å². The first-order chi connectivity index (χ1) is 11.4. The van der Waals surface area contributed by atoms with E-state index >= 15 is 0 Å². The van der Waals surface area contributed by atoms with Crippen LogP contribution in [-0.2, 0) is 16.0 Å². The van der Waals surface area contributed by atoms with Crippen LogP contribution in [-0.4, -0.2) is 47.7 Å². The molecule has 1 aromatic rings. The first-order valence-corrected chi connectivity index (χ1v) is 8.00. The van der Waals surface area contributed by atoms with Crippen molar-refractivity contribution in [3.8, 4) is 0 Å². The van der Waals surface area contributed by atoms with Gasteiger partial charge >= 0.3 is 0 Å². The van der Waals surface area contributed by atoms with Crippen LogP contribution in [0.2, 0.25) is 0 Å². The smallest absolute Gasteiger partial charge is 0.273 e. The van der Waals surface area contributed by atoms with Crippen molar-refractivity contribution in [2.75, 3.05) is 14.1 Å². The SMILES string of the molecule is CC1=NN2C(=O)C(Cc3ccccc3)=C(C)NC2C1C(=O)N(C)C. The number of nitrogens with zero attached hydrogens (tertiary/aromatic N) is 3. The van der Waals surface area contributed by atoms with E-state index in [1.807, 2.05) is 37.3 Å². The number of hydrogen-bond acceptors (Lipinski definition) is 4. The second kappa shape index (κ2) is 6.11. The highest BCUT2D eigenvalue weighted by molar-refractivity contribution is 6.07. The highest BCUT2D eigenvalue weighted by atomic mass is 16.2. The number of amides is 2. The van der Waals surface area contributed by atoms with Gasteiger partial charge in [0.2, 0.25) is 5.91 Å². The standard InChI is InChI=1S/C18H22N4O2/c1-11-14(10-13-8-6-5-7-9-13)17(23)22-16(19-11)15(12(2)20-22)18(24)21(3)4/h5-9,15-16,19H,10H2,1-4H3. The number of carbonyl (C=O) groups excluding carboxylic acids is 2. The van der Waals surface area contributed by atoms with Gasteiger partial charge in [0.25, 0.3) is 5.91 Å². The quantitative estimate of drug-likeness (QED) is 0.912. The van der Waals surface area contributed by atoms with Gasteiger partial charge in [-0.2, -0.15) is 5.10 Å². The van der Waals surface area contributed by atoms with E-state index in [-0.39, 0.29) is 11.8 Å². The first kappa shape index (κ1) is 16.2. The second-order valence-corrected chi connectivity index (χ2v) is 6.46. The summed E-state index contributed by atoms with van der Waals surface area (Å²) < 4.78 is 0. The minimum atomic E-state index is -0.447. The zero-order chi connectivity index (χ0) is 17.4. The molecule has 0 aromatic heterocycles. The lowest BCUT2D eigenvalue weighted by atomic mass is 9.95. The molecule has 6 nitrogen and oxygen atoms in total. The largest absolute Gasteiger partial charge is 0.366 e. The van der Waals surface area contributed by atoms with Crippen molar-refractivity contribution >= 4 is 17.5 Å². The molecule has 0 spiro atoms. The third kappa shape index (κ3) is 2.68. The molecule has 2 aliphatic rings. The van der Waals surface area contributed by atoms with Gasteiger partial charge < -0.3 is 10.2 Å². The second-order valence-electron chi connectivity index (χ2n) is 6.46. The fourth-order valence-electron chi connectivity index (χ4n) is 3.19. The van der Waals surface area contributed by atoms with Gasteiger partial charge in [0.15, 0.2) is 0 Å². The van der Waals surface area contributed by atoms with Crippen molar-refractivity contribution in [3.63, 3.8) is 0 Å². The molecular formula is C18H22N4O2. The third-order valence-electron chi connectivity index (χ3n) is 4.51. The zero-order valence-electron chi connectivity index (χ0n) is 14.4.